The quantitative estimate of drug-likeness (QED) is 0.870. The maximum atomic E-state index is 12.0. The number of nitrogens with zero attached hydrogens (tertiary/aromatic N) is 1. The van der Waals surface area contributed by atoms with Gasteiger partial charge < -0.3 is 4.74 Å². The molecule has 0 bridgehead atoms. The Morgan fingerprint density at radius 1 is 1.25 bits per heavy atom. The van der Waals surface area contributed by atoms with Gasteiger partial charge in [-0.05, 0) is 25.1 Å². The van der Waals surface area contributed by atoms with Gasteiger partial charge in [0.2, 0.25) is 9.84 Å². The van der Waals surface area contributed by atoms with Gasteiger partial charge in [0, 0.05) is 22.7 Å². The molecule has 2 heterocycles. The topological polar surface area (TPSA) is 56.3 Å². The van der Waals surface area contributed by atoms with Gasteiger partial charge in [0.05, 0.1) is 11.1 Å². The Balaban J connectivity index is 1.91. The molecule has 0 fully saturated rings. The molecule has 0 atom stereocenters. The zero-order chi connectivity index (χ0) is 14.2. The lowest BCUT2D eigenvalue weighted by atomic mass is 10.1. The number of benzene rings is 1. The number of hydrogen-bond donors (Lipinski definition) is 0. The molecule has 0 saturated carbocycles. The van der Waals surface area contributed by atoms with E-state index in [4.69, 9.17) is 4.74 Å². The largest absolute Gasteiger partial charge is 0.487 e. The van der Waals surface area contributed by atoms with E-state index in [1.165, 1.54) is 5.41 Å². The first kappa shape index (κ1) is 12.9. The summed E-state index contributed by atoms with van der Waals surface area (Å²) < 4.78 is 29.7. The number of rotatable bonds is 3. The van der Waals surface area contributed by atoms with Crippen LogP contribution in [0.25, 0.3) is 5.57 Å². The van der Waals surface area contributed by atoms with Crippen LogP contribution in [0.2, 0.25) is 0 Å². The van der Waals surface area contributed by atoms with Crippen LogP contribution < -0.4 is 4.74 Å². The monoisotopic (exact) mass is 287 g/mol. The smallest absolute Gasteiger partial charge is 0.200 e. The number of pyridine rings is 1. The van der Waals surface area contributed by atoms with Gasteiger partial charge in [0.1, 0.15) is 12.4 Å². The van der Waals surface area contributed by atoms with E-state index in [9.17, 15) is 8.42 Å². The summed E-state index contributed by atoms with van der Waals surface area (Å²) in [4.78, 5) is 4.31. The molecule has 1 aliphatic rings. The van der Waals surface area contributed by atoms with Crippen molar-refractivity contribution in [1.82, 2.24) is 4.98 Å². The number of hydrogen-bond acceptors (Lipinski definition) is 4. The Morgan fingerprint density at radius 3 is 2.85 bits per heavy atom. The third-order valence-corrected chi connectivity index (χ3v) is 4.68. The SMILES string of the molecule is Cc1ccc2c(c1)C(COc1cccnc1)=CS2(=O)=O. The molecule has 5 heteroatoms. The van der Waals surface area contributed by atoms with Crippen molar-refractivity contribution in [2.24, 2.45) is 0 Å². The second-order valence-corrected chi connectivity index (χ2v) is 6.43. The van der Waals surface area contributed by atoms with Crippen molar-refractivity contribution in [3.8, 4) is 5.75 Å². The summed E-state index contributed by atoms with van der Waals surface area (Å²) in [5.41, 5.74) is 2.43. The summed E-state index contributed by atoms with van der Waals surface area (Å²) in [5, 5.41) is 1.29. The van der Waals surface area contributed by atoms with Gasteiger partial charge in [-0.3, -0.25) is 4.98 Å². The fourth-order valence-electron chi connectivity index (χ4n) is 2.16. The summed E-state index contributed by atoms with van der Waals surface area (Å²) in [7, 11) is -3.33. The average molecular weight is 287 g/mol. The number of aryl methyl sites for hydroxylation is 1. The summed E-state index contributed by atoms with van der Waals surface area (Å²) in [5.74, 6) is 0.618. The number of fused-ring (bicyclic) bond motifs is 1. The summed E-state index contributed by atoms with van der Waals surface area (Å²) in [6.07, 6.45) is 3.26. The molecule has 0 spiro atoms. The van der Waals surface area contributed by atoms with Gasteiger partial charge in [-0.15, -0.1) is 0 Å². The first-order valence-corrected chi connectivity index (χ1v) is 7.70. The highest BCUT2D eigenvalue weighted by molar-refractivity contribution is 7.95. The minimum absolute atomic E-state index is 0.210. The third-order valence-electron chi connectivity index (χ3n) is 3.11. The van der Waals surface area contributed by atoms with E-state index < -0.39 is 9.84 Å². The molecule has 2 aromatic rings. The lowest BCUT2D eigenvalue weighted by Gasteiger charge is -2.08. The average Bonchev–Trinajstić information content (AvgIpc) is 2.68. The molecule has 1 aromatic heterocycles. The second-order valence-electron chi connectivity index (χ2n) is 4.67. The summed E-state index contributed by atoms with van der Waals surface area (Å²) in [6, 6.07) is 8.88. The number of sulfone groups is 1. The molecule has 3 rings (SSSR count). The summed E-state index contributed by atoms with van der Waals surface area (Å²) in [6.45, 7) is 2.15. The molecule has 0 unspecified atom stereocenters. The van der Waals surface area contributed by atoms with E-state index in [2.05, 4.69) is 4.98 Å². The highest BCUT2D eigenvalue weighted by Crippen LogP contribution is 2.34. The van der Waals surface area contributed by atoms with Crippen LogP contribution in [0.4, 0.5) is 0 Å². The van der Waals surface area contributed by atoms with Crippen LogP contribution in [0.1, 0.15) is 11.1 Å². The molecule has 4 nitrogen and oxygen atoms in total. The molecule has 102 valence electrons. The standard InChI is InChI=1S/C15H13NO3S/c1-11-4-5-15-14(7-11)12(10-20(15,17)18)9-19-13-3-2-6-16-8-13/h2-8,10H,9H2,1H3. The van der Waals surface area contributed by atoms with Gasteiger partial charge in [0.25, 0.3) is 0 Å². The van der Waals surface area contributed by atoms with Gasteiger partial charge in [0.15, 0.2) is 0 Å². The lowest BCUT2D eigenvalue weighted by molar-refractivity contribution is 0.368. The van der Waals surface area contributed by atoms with Crippen molar-refractivity contribution in [1.29, 1.82) is 0 Å². The van der Waals surface area contributed by atoms with E-state index in [-0.39, 0.29) is 6.61 Å². The maximum absolute atomic E-state index is 12.0. The number of ether oxygens (including phenoxy) is 1. The lowest BCUT2D eigenvalue weighted by Crippen LogP contribution is -2.00. The van der Waals surface area contributed by atoms with Crippen LogP contribution in [-0.4, -0.2) is 20.0 Å². The molecular weight excluding hydrogens is 274 g/mol. The minimum Gasteiger partial charge on any atom is -0.487 e. The normalized spacial score (nSPS) is 15.6. The van der Waals surface area contributed by atoms with Crippen molar-refractivity contribution in [3.05, 3.63) is 59.3 Å². The first-order chi connectivity index (χ1) is 9.56. The minimum atomic E-state index is -3.33. The molecular formula is C15H13NO3S. The van der Waals surface area contributed by atoms with Crippen LogP contribution >= 0.6 is 0 Å². The van der Waals surface area contributed by atoms with E-state index in [1.54, 1.807) is 36.7 Å². The fourth-order valence-corrected chi connectivity index (χ4v) is 3.61. The third kappa shape index (κ3) is 2.32. The highest BCUT2D eigenvalue weighted by Gasteiger charge is 2.26. The van der Waals surface area contributed by atoms with E-state index in [0.29, 0.717) is 16.2 Å². The van der Waals surface area contributed by atoms with Crippen molar-refractivity contribution < 1.29 is 13.2 Å². The maximum Gasteiger partial charge on any atom is 0.200 e. The van der Waals surface area contributed by atoms with E-state index >= 15 is 0 Å². The van der Waals surface area contributed by atoms with Crippen LogP contribution in [0.5, 0.6) is 5.75 Å². The molecule has 0 aliphatic carbocycles. The van der Waals surface area contributed by atoms with Gasteiger partial charge in [-0.25, -0.2) is 8.42 Å². The summed E-state index contributed by atoms with van der Waals surface area (Å²) >= 11 is 0. The van der Waals surface area contributed by atoms with Crippen molar-refractivity contribution in [3.63, 3.8) is 0 Å². The van der Waals surface area contributed by atoms with Gasteiger partial charge in [-0.2, -0.15) is 0 Å². The Bertz CT molecular complexity index is 780. The van der Waals surface area contributed by atoms with Gasteiger partial charge in [-0.1, -0.05) is 17.7 Å². The van der Waals surface area contributed by atoms with Gasteiger partial charge >= 0.3 is 0 Å². The van der Waals surface area contributed by atoms with Crippen LogP contribution in [0.3, 0.4) is 0 Å². The Morgan fingerprint density at radius 2 is 2.10 bits per heavy atom. The van der Waals surface area contributed by atoms with Crippen molar-refractivity contribution in [2.75, 3.05) is 6.61 Å². The zero-order valence-corrected chi connectivity index (χ0v) is 11.7. The first-order valence-electron chi connectivity index (χ1n) is 6.16. The zero-order valence-electron chi connectivity index (χ0n) is 10.9. The Kier molecular flexibility index (Phi) is 3.06. The van der Waals surface area contributed by atoms with Crippen LogP contribution in [0.15, 0.2) is 53.0 Å². The fraction of sp³-hybridized carbons (Fsp3) is 0.133. The second kappa shape index (κ2) is 4.76. The van der Waals surface area contributed by atoms with Crippen molar-refractivity contribution in [2.45, 2.75) is 11.8 Å². The predicted molar refractivity (Wildman–Crippen MR) is 76.1 cm³/mol. The molecule has 0 N–H and O–H groups in total. The number of aromatic nitrogens is 1. The van der Waals surface area contributed by atoms with E-state index in [1.807, 2.05) is 13.0 Å². The molecule has 20 heavy (non-hydrogen) atoms. The molecule has 0 saturated heterocycles. The molecule has 0 radical (unpaired) electrons. The van der Waals surface area contributed by atoms with Crippen LogP contribution in [0, 0.1) is 6.92 Å². The van der Waals surface area contributed by atoms with Crippen LogP contribution in [-0.2, 0) is 9.84 Å². The van der Waals surface area contributed by atoms with Crippen molar-refractivity contribution >= 4 is 15.4 Å². The highest BCUT2D eigenvalue weighted by atomic mass is 32.2. The van der Waals surface area contributed by atoms with E-state index in [0.717, 1.165) is 11.1 Å². The molecule has 0 amide bonds. The Labute approximate surface area is 117 Å². The Hall–Kier alpha value is -2.14. The molecule has 1 aliphatic heterocycles. The predicted octanol–water partition coefficient (Wildman–Crippen LogP) is 2.60. The molecule has 1 aromatic carbocycles.